The monoisotopic (exact) mass is 412 g/mol. The summed E-state index contributed by atoms with van der Waals surface area (Å²) in [6.45, 7) is 5.21. The fraction of sp³-hybridized carbons (Fsp3) is 0.455. The number of hydrogen-bond acceptors (Lipinski definition) is 4. The molecule has 2 aromatic heterocycles. The van der Waals surface area contributed by atoms with Gasteiger partial charge in [0.2, 0.25) is 10.0 Å². The van der Waals surface area contributed by atoms with Crippen molar-refractivity contribution in [1.82, 2.24) is 19.7 Å². The molecule has 0 amide bonds. The van der Waals surface area contributed by atoms with Gasteiger partial charge >= 0.3 is 0 Å². The van der Waals surface area contributed by atoms with Gasteiger partial charge in [0.1, 0.15) is 0 Å². The Kier molecular flexibility index (Phi) is 5.21. The molecule has 3 aromatic rings. The Labute approximate surface area is 172 Å². The van der Waals surface area contributed by atoms with Crippen LogP contribution < -0.4 is 4.72 Å². The summed E-state index contributed by atoms with van der Waals surface area (Å²) in [6.07, 6.45) is 7.16. The molecule has 154 valence electrons. The van der Waals surface area contributed by atoms with Crippen molar-refractivity contribution in [3.63, 3.8) is 0 Å². The molecule has 6 nitrogen and oxygen atoms in total. The van der Waals surface area contributed by atoms with E-state index in [0.717, 1.165) is 48.0 Å². The zero-order chi connectivity index (χ0) is 20.6. The van der Waals surface area contributed by atoms with E-state index in [2.05, 4.69) is 37.9 Å². The summed E-state index contributed by atoms with van der Waals surface area (Å²) in [7, 11) is -3.30. The second kappa shape index (κ2) is 7.54. The Morgan fingerprint density at radius 3 is 2.38 bits per heavy atom. The SMILES string of the molecule is CC(C)(C)S(=O)(=O)NC1CCC(c2cc3cc(-c4ncccn4)ccc3[nH]2)CC1. The van der Waals surface area contributed by atoms with E-state index in [0.29, 0.717) is 5.92 Å². The minimum absolute atomic E-state index is 0.0293. The van der Waals surface area contributed by atoms with Crippen LogP contribution >= 0.6 is 0 Å². The molecule has 1 aliphatic carbocycles. The predicted octanol–water partition coefficient (Wildman–Crippen LogP) is 4.37. The minimum atomic E-state index is -3.30. The summed E-state index contributed by atoms with van der Waals surface area (Å²) < 4.78 is 27.0. The zero-order valence-corrected chi connectivity index (χ0v) is 18.0. The normalized spacial score (nSPS) is 20.8. The van der Waals surface area contributed by atoms with Gasteiger partial charge in [0.05, 0.1) is 4.75 Å². The third-order valence-corrected chi connectivity index (χ3v) is 8.02. The van der Waals surface area contributed by atoms with Crippen LogP contribution in [0.5, 0.6) is 0 Å². The highest BCUT2D eigenvalue weighted by molar-refractivity contribution is 7.90. The van der Waals surface area contributed by atoms with E-state index in [4.69, 9.17) is 0 Å². The Hall–Kier alpha value is -2.25. The van der Waals surface area contributed by atoms with Crippen LogP contribution in [0.25, 0.3) is 22.3 Å². The molecule has 0 atom stereocenters. The highest BCUT2D eigenvalue weighted by Crippen LogP contribution is 2.35. The molecular formula is C22H28N4O2S. The summed E-state index contributed by atoms with van der Waals surface area (Å²) in [4.78, 5) is 12.2. The van der Waals surface area contributed by atoms with Crippen LogP contribution in [0.4, 0.5) is 0 Å². The third-order valence-electron chi connectivity index (χ3n) is 5.76. The standard InChI is InChI=1S/C22H28N4O2S/c1-22(2,3)29(27,28)26-18-8-5-15(6-9-18)20-14-17-13-16(7-10-19(17)25-20)21-23-11-4-12-24-21/h4,7,10-15,18,25-26H,5-6,8-9H2,1-3H3. The molecule has 0 unspecified atom stereocenters. The average Bonchev–Trinajstić information content (AvgIpc) is 3.11. The lowest BCUT2D eigenvalue weighted by atomic mass is 9.84. The molecule has 2 heterocycles. The van der Waals surface area contributed by atoms with Gasteiger partial charge in [-0.15, -0.1) is 0 Å². The molecular weight excluding hydrogens is 384 g/mol. The first-order chi connectivity index (χ1) is 13.7. The number of hydrogen-bond donors (Lipinski definition) is 2. The molecule has 1 fully saturated rings. The number of H-pyrrole nitrogens is 1. The molecule has 4 rings (SSSR count). The van der Waals surface area contributed by atoms with Crippen LogP contribution in [0, 0.1) is 0 Å². The summed E-state index contributed by atoms with van der Waals surface area (Å²) in [5.74, 6) is 1.15. The Morgan fingerprint density at radius 2 is 1.72 bits per heavy atom. The number of aromatic amines is 1. The van der Waals surface area contributed by atoms with Crippen molar-refractivity contribution < 1.29 is 8.42 Å². The highest BCUT2D eigenvalue weighted by atomic mass is 32.2. The second-order valence-electron chi connectivity index (χ2n) is 8.88. The summed E-state index contributed by atoms with van der Waals surface area (Å²) in [5.41, 5.74) is 3.34. The van der Waals surface area contributed by atoms with Gasteiger partial charge in [-0.25, -0.2) is 23.1 Å². The zero-order valence-electron chi connectivity index (χ0n) is 17.1. The largest absolute Gasteiger partial charge is 0.358 e. The first-order valence-corrected chi connectivity index (χ1v) is 11.6. The van der Waals surface area contributed by atoms with Crippen LogP contribution in [0.1, 0.15) is 58.1 Å². The van der Waals surface area contributed by atoms with E-state index in [1.54, 1.807) is 33.2 Å². The van der Waals surface area contributed by atoms with Gasteiger partial charge in [-0.1, -0.05) is 0 Å². The molecule has 2 N–H and O–H groups in total. The van der Waals surface area contributed by atoms with E-state index in [-0.39, 0.29) is 6.04 Å². The number of rotatable bonds is 4. The van der Waals surface area contributed by atoms with Gasteiger partial charge in [0, 0.05) is 40.6 Å². The number of fused-ring (bicyclic) bond motifs is 1. The second-order valence-corrected chi connectivity index (χ2v) is 11.3. The van der Waals surface area contributed by atoms with Crippen LogP contribution in [0.3, 0.4) is 0 Å². The van der Waals surface area contributed by atoms with Gasteiger partial charge in [-0.3, -0.25) is 0 Å². The quantitative estimate of drug-likeness (QED) is 0.666. The third kappa shape index (κ3) is 4.21. The van der Waals surface area contributed by atoms with Gasteiger partial charge in [-0.2, -0.15) is 0 Å². The van der Waals surface area contributed by atoms with E-state index in [1.807, 2.05) is 12.1 Å². The Balaban J connectivity index is 1.46. The molecule has 1 saturated carbocycles. The minimum Gasteiger partial charge on any atom is -0.358 e. The van der Waals surface area contributed by atoms with E-state index in [9.17, 15) is 8.42 Å². The average molecular weight is 413 g/mol. The van der Waals surface area contributed by atoms with Crippen molar-refractivity contribution in [3.8, 4) is 11.4 Å². The lowest BCUT2D eigenvalue weighted by molar-refractivity contribution is 0.368. The van der Waals surface area contributed by atoms with E-state index in [1.165, 1.54) is 5.69 Å². The van der Waals surface area contributed by atoms with Gasteiger partial charge in [-0.05, 0) is 82.7 Å². The molecule has 1 aliphatic rings. The first kappa shape index (κ1) is 20.0. The lowest BCUT2D eigenvalue weighted by Gasteiger charge is -2.31. The first-order valence-electron chi connectivity index (χ1n) is 10.1. The summed E-state index contributed by atoms with van der Waals surface area (Å²) in [6, 6.07) is 10.3. The van der Waals surface area contributed by atoms with Gasteiger partial charge < -0.3 is 4.98 Å². The Bertz CT molecular complexity index is 1090. The summed E-state index contributed by atoms with van der Waals surface area (Å²) in [5, 5.41) is 1.15. The topological polar surface area (TPSA) is 87.7 Å². The van der Waals surface area contributed by atoms with Crippen molar-refractivity contribution >= 4 is 20.9 Å². The fourth-order valence-corrected chi connectivity index (χ4v) is 4.91. The molecule has 7 heteroatoms. The maximum absolute atomic E-state index is 12.4. The van der Waals surface area contributed by atoms with Crippen molar-refractivity contribution in [2.45, 2.75) is 63.2 Å². The number of nitrogens with one attached hydrogen (secondary N) is 2. The molecule has 0 spiro atoms. The Morgan fingerprint density at radius 1 is 1.03 bits per heavy atom. The summed E-state index contributed by atoms with van der Waals surface area (Å²) >= 11 is 0. The van der Waals surface area contributed by atoms with Crippen molar-refractivity contribution in [3.05, 3.63) is 48.4 Å². The van der Waals surface area contributed by atoms with E-state index < -0.39 is 14.8 Å². The van der Waals surface area contributed by atoms with Gasteiger partial charge in [0.15, 0.2) is 5.82 Å². The van der Waals surface area contributed by atoms with E-state index >= 15 is 0 Å². The number of sulfonamides is 1. The van der Waals surface area contributed by atoms with Crippen molar-refractivity contribution in [1.29, 1.82) is 0 Å². The molecule has 0 bridgehead atoms. The molecule has 0 radical (unpaired) electrons. The van der Waals surface area contributed by atoms with Crippen LogP contribution in [-0.2, 0) is 10.0 Å². The number of benzene rings is 1. The molecule has 0 saturated heterocycles. The van der Waals surface area contributed by atoms with Crippen LogP contribution in [0.15, 0.2) is 42.7 Å². The van der Waals surface area contributed by atoms with Crippen LogP contribution in [0.2, 0.25) is 0 Å². The van der Waals surface area contributed by atoms with Crippen molar-refractivity contribution in [2.24, 2.45) is 0 Å². The smallest absolute Gasteiger partial charge is 0.216 e. The predicted molar refractivity (Wildman–Crippen MR) is 116 cm³/mol. The maximum atomic E-state index is 12.4. The van der Waals surface area contributed by atoms with Gasteiger partial charge in [0.25, 0.3) is 0 Å². The lowest BCUT2D eigenvalue weighted by Crippen LogP contribution is -2.45. The molecule has 1 aromatic carbocycles. The fourth-order valence-electron chi connectivity index (χ4n) is 3.88. The van der Waals surface area contributed by atoms with Crippen LogP contribution in [-0.4, -0.2) is 34.2 Å². The molecule has 29 heavy (non-hydrogen) atoms. The van der Waals surface area contributed by atoms with Crippen molar-refractivity contribution in [2.75, 3.05) is 0 Å². The number of nitrogens with zero attached hydrogens (tertiary/aromatic N) is 2. The molecule has 0 aliphatic heterocycles. The number of aromatic nitrogens is 3. The highest BCUT2D eigenvalue weighted by Gasteiger charge is 2.33. The maximum Gasteiger partial charge on any atom is 0.216 e.